The summed E-state index contributed by atoms with van der Waals surface area (Å²) in [5, 5.41) is 2.92. The van der Waals surface area contributed by atoms with Crippen LogP contribution < -0.4 is 19.7 Å². The van der Waals surface area contributed by atoms with E-state index in [1.54, 1.807) is 36.2 Å². The molecule has 1 saturated heterocycles. The van der Waals surface area contributed by atoms with Gasteiger partial charge in [-0.1, -0.05) is 42.5 Å². The maximum absolute atomic E-state index is 13.9. The van der Waals surface area contributed by atoms with Gasteiger partial charge in [0.2, 0.25) is 0 Å². The average molecular weight is 744 g/mol. The van der Waals surface area contributed by atoms with Crippen molar-refractivity contribution in [2.45, 2.75) is 29.4 Å². The second kappa shape index (κ2) is 17.7. The summed E-state index contributed by atoms with van der Waals surface area (Å²) in [4.78, 5) is 23.4. The van der Waals surface area contributed by atoms with Crippen molar-refractivity contribution in [3.8, 4) is 16.9 Å². The normalized spacial score (nSPS) is 13.5. The van der Waals surface area contributed by atoms with Crippen LogP contribution in [0.15, 0.2) is 125 Å². The molecule has 0 radical (unpaired) electrons. The number of alkyl halides is 3. The Bertz CT molecular complexity index is 1920. The molecule has 0 aliphatic carbocycles. The van der Waals surface area contributed by atoms with Crippen molar-refractivity contribution in [2.75, 3.05) is 55.3 Å². The highest BCUT2D eigenvalue weighted by atomic mass is 32.2. The topological polar surface area (TPSA) is 69.7 Å². The molecule has 1 aliphatic heterocycles. The minimum Gasteiger partial charge on any atom is -0.492 e. The van der Waals surface area contributed by atoms with Crippen LogP contribution in [0.2, 0.25) is 0 Å². The van der Waals surface area contributed by atoms with Crippen molar-refractivity contribution in [3.63, 3.8) is 0 Å². The fourth-order valence-electron chi connectivity index (χ4n) is 5.99. The number of rotatable bonds is 14. The Morgan fingerprint density at radius 2 is 1.62 bits per heavy atom. The summed E-state index contributed by atoms with van der Waals surface area (Å²) in [5.74, 6) is 0.992. The van der Waals surface area contributed by atoms with E-state index >= 15 is 0 Å². The van der Waals surface area contributed by atoms with Crippen LogP contribution in [0.1, 0.15) is 28.4 Å². The zero-order chi connectivity index (χ0) is 36.3. The number of amides is 1. The predicted molar refractivity (Wildman–Crippen MR) is 205 cm³/mol. The van der Waals surface area contributed by atoms with Gasteiger partial charge in [0.15, 0.2) is 0 Å². The molecular formula is C40H40F3N5O2S2. The molecule has 0 bridgehead atoms. The van der Waals surface area contributed by atoms with Crippen LogP contribution in [-0.2, 0) is 12.7 Å². The van der Waals surface area contributed by atoms with Gasteiger partial charge in [0.05, 0.1) is 18.4 Å². The second-order valence-corrected chi connectivity index (χ2v) is 14.2. The van der Waals surface area contributed by atoms with E-state index in [9.17, 15) is 18.0 Å². The van der Waals surface area contributed by atoms with Gasteiger partial charge in [0.25, 0.3) is 5.91 Å². The number of hydrogen-bond donors (Lipinski definition) is 2. The van der Waals surface area contributed by atoms with Gasteiger partial charge in [0.1, 0.15) is 5.75 Å². The van der Waals surface area contributed by atoms with Crippen LogP contribution >= 0.6 is 23.7 Å². The van der Waals surface area contributed by atoms with Crippen LogP contribution in [0.3, 0.4) is 0 Å². The first-order chi connectivity index (χ1) is 25.3. The maximum Gasteiger partial charge on any atom is 0.418 e. The molecule has 270 valence electrons. The Balaban J connectivity index is 0.991. The van der Waals surface area contributed by atoms with E-state index in [1.807, 2.05) is 67.7 Å². The number of aromatic nitrogens is 1. The Labute approximate surface area is 311 Å². The molecule has 12 heteroatoms. The first kappa shape index (κ1) is 37.1. The molecular weight excluding hydrogens is 704 g/mol. The van der Waals surface area contributed by atoms with Gasteiger partial charge in [-0.25, -0.2) is 0 Å². The van der Waals surface area contributed by atoms with Gasteiger partial charge in [0, 0.05) is 83.5 Å². The number of halogens is 3. The molecule has 7 nitrogen and oxygen atoms in total. The summed E-state index contributed by atoms with van der Waals surface area (Å²) in [7, 11) is 0. The first-order valence-corrected chi connectivity index (χ1v) is 18.9. The van der Waals surface area contributed by atoms with Gasteiger partial charge in [-0.15, -0.1) is 11.8 Å². The van der Waals surface area contributed by atoms with Crippen molar-refractivity contribution in [2.24, 2.45) is 0 Å². The van der Waals surface area contributed by atoms with Crippen molar-refractivity contribution in [3.05, 3.63) is 132 Å². The lowest BCUT2D eigenvalue weighted by Crippen LogP contribution is -2.46. The number of anilines is 2. The largest absolute Gasteiger partial charge is 0.492 e. The van der Waals surface area contributed by atoms with E-state index in [0.29, 0.717) is 24.5 Å². The molecule has 1 amide bonds. The van der Waals surface area contributed by atoms with E-state index in [2.05, 4.69) is 43.0 Å². The summed E-state index contributed by atoms with van der Waals surface area (Å²) < 4.78 is 50.2. The van der Waals surface area contributed by atoms with Crippen LogP contribution in [-0.4, -0.2) is 60.9 Å². The number of piperazine rings is 1. The molecule has 1 fully saturated rings. The third kappa shape index (κ3) is 10.0. The third-order valence-electron chi connectivity index (χ3n) is 8.60. The minimum absolute atomic E-state index is 0.0132. The number of thioether (sulfide) groups is 1. The predicted octanol–water partition coefficient (Wildman–Crippen LogP) is 9.13. The Hall–Kier alpha value is -4.65. The van der Waals surface area contributed by atoms with Gasteiger partial charge in [-0.3, -0.25) is 19.4 Å². The Morgan fingerprint density at radius 3 is 2.37 bits per heavy atom. The fraction of sp³-hybridized carbons (Fsp3) is 0.250. The van der Waals surface area contributed by atoms with Crippen LogP contribution in [0, 0.1) is 0 Å². The number of nitrogens with zero attached hydrogens (tertiary/aromatic N) is 3. The number of hydrogen-bond acceptors (Lipinski definition) is 8. The van der Waals surface area contributed by atoms with Gasteiger partial charge >= 0.3 is 6.18 Å². The quantitative estimate of drug-likeness (QED) is 0.0664. The van der Waals surface area contributed by atoms with Crippen molar-refractivity contribution in [1.29, 1.82) is 0 Å². The lowest BCUT2D eigenvalue weighted by Gasteiger charge is -2.36. The summed E-state index contributed by atoms with van der Waals surface area (Å²) in [6.45, 7) is 7.17. The molecule has 5 aromatic rings. The number of benzene rings is 4. The molecule has 4 aromatic carbocycles. The monoisotopic (exact) mass is 743 g/mol. The van der Waals surface area contributed by atoms with Crippen molar-refractivity contribution < 1.29 is 22.7 Å². The smallest absolute Gasteiger partial charge is 0.418 e. The Kier molecular flexibility index (Phi) is 12.6. The van der Waals surface area contributed by atoms with E-state index < -0.39 is 11.7 Å². The highest BCUT2D eigenvalue weighted by Crippen LogP contribution is 2.37. The second-order valence-electron chi connectivity index (χ2n) is 12.1. The highest BCUT2D eigenvalue weighted by molar-refractivity contribution is 7.99. The SMILES string of the molecule is CCOc1cncc(-c2ccccc2CN2CCN(c3ccc(C(=O)NSc4ccc(NCCSc5ccccc5)c(C(F)(F)F)c4)cc3)CC2)c1. The van der Waals surface area contributed by atoms with E-state index in [-0.39, 0.29) is 16.5 Å². The highest BCUT2D eigenvalue weighted by Gasteiger charge is 2.34. The molecule has 2 heterocycles. The van der Waals surface area contributed by atoms with E-state index in [0.717, 1.165) is 78.2 Å². The summed E-state index contributed by atoms with van der Waals surface area (Å²) in [6.07, 6.45) is -0.944. The Morgan fingerprint density at radius 1 is 0.865 bits per heavy atom. The number of pyridine rings is 1. The average Bonchev–Trinajstić information content (AvgIpc) is 3.17. The molecule has 0 unspecified atom stereocenters. The van der Waals surface area contributed by atoms with Crippen molar-refractivity contribution >= 4 is 41.0 Å². The maximum atomic E-state index is 13.9. The molecule has 52 heavy (non-hydrogen) atoms. The van der Waals surface area contributed by atoms with E-state index in [1.165, 1.54) is 11.6 Å². The minimum atomic E-state index is -4.55. The van der Waals surface area contributed by atoms with Crippen molar-refractivity contribution in [1.82, 2.24) is 14.6 Å². The zero-order valence-electron chi connectivity index (χ0n) is 28.7. The molecule has 6 rings (SSSR count). The van der Waals surface area contributed by atoms with Crippen LogP contribution in [0.5, 0.6) is 5.75 Å². The molecule has 0 spiro atoms. The standard InChI is InChI=1S/C40H40F3N5O2S2/c1-2-50-33-24-31(26-44-27-33)36-11-7-6-8-30(36)28-47-19-21-48(22-20-47)32-14-12-29(13-15-32)39(49)46-52-35-16-17-38(37(25-35)40(41,42)43)45-18-23-51-34-9-4-3-5-10-34/h3-17,24-27,45H,2,18-23,28H2,1H3,(H,46,49). The summed E-state index contributed by atoms with van der Waals surface area (Å²) >= 11 is 2.44. The van der Waals surface area contributed by atoms with Gasteiger partial charge in [-0.2, -0.15) is 13.2 Å². The molecule has 2 N–H and O–H groups in total. The number of carbonyl (C=O) groups excluding carboxylic acids is 1. The molecule has 1 aromatic heterocycles. The molecule has 1 aliphatic rings. The fourth-order valence-corrected chi connectivity index (χ4v) is 7.42. The first-order valence-electron chi connectivity index (χ1n) is 17.1. The van der Waals surface area contributed by atoms with Gasteiger partial charge in [-0.05, 0) is 90.7 Å². The number of nitrogens with one attached hydrogen (secondary N) is 2. The zero-order valence-corrected chi connectivity index (χ0v) is 30.4. The van der Waals surface area contributed by atoms with Crippen LogP contribution in [0.25, 0.3) is 11.1 Å². The molecule has 0 atom stereocenters. The van der Waals surface area contributed by atoms with E-state index in [4.69, 9.17) is 4.74 Å². The summed E-state index contributed by atoms with van der Waals surface area (Å²) in [6, 6.07) is 31.5. The number of ether oxygens (including phenoxy) is 1. The number of carbonyl (C=O) groups is 1. The van der Waals surface area contributed by atoms with Gasteiger partial charge < -0.3 is 15.0 Å². The summed E-state index contributed by atoms with van der Waals surface area (Å²) in [5.41, 5.74) is 4.10. The lowest BCUT2D eigenvalue weighted by atomic mass is 10.0. The lowest BCUT2D eigenvalue weighted by molar-refractivity contribution is -0.137. The molecule has 0 saturated carbocycles. The third-order valence-corrected chi connectivity index (χ3v) is 10.4. The van der Waals surface area contributed by atoms with Crippen LogP contribution in [0.4, 0.5) is 24.5 Å².